The van der Waals surface area contributed by atoms with Crippen molar-refractivity contribution in [3.63, 3.8) is 0 Å². The fourth-order valence-corrected chi connectivity index (χ4v) is 10.3. The van der Waals surface area contributed by atoms with Crippen LogP contribution in [0.15, 0.2) is 78.0 Å². The van der Waals surface area contributed by atoms with E-state index in [1.807, 2.05) is 44.2 Å². The van der Waals surface area contributed by atoms with Gasteiger partial charge in [0, 0.05) is 75.5 Å². The van der Waals surface area contributed by atoms with Crippen LogP contribution < -0.4 is 10.7 Å². The number of likely N-dealkylation sites (tertiary alicyclic amines) is 1. The van der Waals surface area contributed by atoms with E-state index in [4.69, 9.17) is 14.5 Å². The fourth-order valence-electron chi connectivity index (χ4n) is 10.3. The molecule has 4 amide bonds. The van der Waals surface area contributed by atoms with Crippen LogP contribution in [0.25, 0.3) is 27.6 Å². The van der Waals surface area contributed by atoms with E-state index in [-0.39, 0.29) is 51.3 Å². The Morgan fingerprint density at radius 1 is 1.10 bits per heavy atom. The summed E-state index contributed by atoms with van der Waals surface area (Å²) in [5.41, 5.74) is 8.88. The van der Waals surface area contributed by atoms with Crippen molar-refractivity contribution in [2.24, 2.45) is 22.2 Å². The maximum absolute atomic E-state index is 14.9. The van der Waals surface area contributed by atoms with Crippen LogP contribution in [-0.2, 0) is 52.8 Å². The SMILES string of the molecule is C=C/C(=C(\N=C/C)[C@H](C)OC)c1c2c3cc(ccc3n1CC)-c1cccc(c1)C[C@H](NC(=O)[C@H](C(C)C)N(C)C(=O)[C@H]1CCN(C(=O)/C=C/C(F)F)C1)C(=O)N1CCC[C@](C=O)(COCC(C)(C)C2)N1. The number of alkyl halides is 2. The number of hydrogen-bond acceptors (Lipinski definition) is 9. The van der Waals surface area contributed by atoms with Gasteiger partial charge in [0.2, 0.25) is 17.7 Å². The number of likely N-dealkylation sites (N-methyl/N-ethyl adjacent to an activating group) is 1. The zero-order valence-corrected chi connectivity index (χ0v) is 42.2. The molecule has 1 aromatic heterocycles. The standard InChI is InChI=1S/C54H71F2N7O7/c1-11-40(47(57-12-2)35(6)69-10)49-42-29-53(7,8)32-70-33-54(31-64)23-15-24-63(59-54)52(68)43(27-36-16-14-17-37(26-36)38-18-19-44(41(42)28-38)62(49)13-3)58-50(66)48(34(4)5)60(9)51(67)39-22-25-61(30-39)46(65)21-20-45(55)56/h11-12,14,16-21,26,28,31,34-35,39,43,45,48,59H,1,13,15,22-25,27,29-30,32-33H2,2-10H3,(H,58,66)/b21-20+,47-40+,57-12-/t35-,39-,43-,48-,54-/m0/s1. The van der Waals surface area contributed by atoms with Gasteiger partial charge in [0.15, 0.2) is 0 Å². The number of benzene rings is 2. The number of fused-ring (bicyclic) bond motifs is 6. The van der Waals surface area contributed by atoms with Gasteiger partial charge in [0.1, 0.15) is 23.9 Å². The number of halogens is 2. The number of hydrogen-bond donors (Lipinski definition) is 2. The summed E-state index contributed by atoms with van der Waals surface area (Å²) in [5, 5.41) is 5.48. The molecule has 2 N–H and O–H groups in total. The normalized spacial score (nSPS) is 22.3. The lowest BCUT2D eigenvalue weighted by molar-refractivity contribution is -0.148. The number of aryl methyl sites for hydroxylation is 1. The third-order valence-corrected chi connectivity index (χ3v) is 13.8. The maximum atomic E-state index is 14.9. The highest BCUT2D eigenvalue weighted by atomic mass is 19.3. The molecule has 378 valence electrons. The molecule has 2 fully saturated rings. The number of rotatable bonds is 14. The molecular formula is C54H71F2N7O7. The molecule has 14 nitrogen and oxygen atoms in total. The molecule has 0 unspecified atom stereocenters. The number of ether oxygens (including phenoxy) is 2. The second kappa shape index (κ2) is 22.9. The molecule has 70 heavy (non-hydrogen) atoms. The van der Waals surface area contributed by atoms with E-state index < -0.39 is 59.0 Å². The highest BCUT2D eigenvalue weighted by Crippen LogP contribution is 2.40. The van der Waals surface area contributed by atoms with E-state index in [0.29, 0.717) is 38.3 Å². The van der Waals surface area contributed by atoms with Crippen LogP contribution in [0.3, 0.4) is 0 Å². The van der Waals surface area contributed by atoms with Crippen LogP contribution in [0.5, 0.6) is 0 Å². The van der Waals surface area contributed by atoms with Crippen molar-refractivity contribution in [2.45, 2.75) is 117 Å². The van der Waals surface area contributed by atoms with Crippen LogP contribution in [0, 0.1) is 17.3 Å². The van der Waals surface area contributed by atoms with Crippen LogP contribution in [0.4, 0.5) is 8.78 Å². The molecule has 16 heteroatoms. The monoisotopic (exact) mass is 968 g/mol. The topological polar surface area (TPSA) is 155 Å². The van der Waals surface area contributed by atoms with Gasteiger partial charge in [-0.25, -0.2) is 14.2 Å². The predicted octanol–water partition coefficient (Wildman–Crippen LogP) is 7.19. The molecule has 3 aliphatic rings. The molecule has 0 aliphatic carbocycles. The van der Waals surface area contributed by atoms with Crippen LogP contribution in [-0.4, -0.2) is 133 Å². The summed E-state index contributed by atoms with van der Waals surface area (Å²) in [4.78, 5) is 76.7. The van der Waals surface area contributed by atoms with Crippen molar-refractivity contribution in [2.75, 3.05) is 47.0 Å². The number of nitrogens with zero attached hydrogens (tertiary/aromatic N) is 5. The summed E-state index contributed by atoms with van der Waals surface area (Å²) in [6.07, 6.45) is 4.53. The number of carbonyl (C=O) groups excluding carboxylic acids is 5. The predicted molar refractivity (Wildman–Crippen MR) is 269 cm³/mol. The van der Waals surface area contributed by atoms with Crippen molar-refractivity contribution >= 4 is 52.6 Å². The maximum Gasteiger partial charge on any atom is 0.259 e. The van der Waals surface area contributed by atoms with Gasteiger partial charge in [-0.2, -0.15) is 0 Å². The van der Waals surface area contributed by atoms with Crippen LogP contribution in [0.2, 0.25) is 0 Å². The molecule has 0 spiro atoms. The van der Waals surface area contributed by atoms with E-state index in [0.717, 1.165) is 62.5 Å². The number of nitrogens with one attached hydrogen (secondary N) is 2. The van der Waals surface area contributed by atoms with E-state index in [9.17, 15) is 32.8 Å². The molecule has 0 saturated carbocycles. The second-order valence-corrected chi connectivity index (χ2v) is 20.0. The summed E-state index contributed by atoms with van der Waals surface area (Å²) >= 11 is 0. The number of hydrazine groups is 1. The highest BCUT2D eigenvalue weighted by molar-refractivity contribution is 5.96. The number of aliphatic imine (C=N–C) groups is 1. The number of allylic oxidation sites excluding steroid dienone is 3. The van der Waals surface area contributed by atoms with Gasteiger partial charge in [-0.1, -0.05) is 70.7 Å². The Balaban J connectivity index is 1.42. The summed E-state index contributed by atoms with van der Waals surface area (Å²) in [6.45, 7) is 19.6. The van der Waals surface area contributed by atoms with Gasteiger partial charge in [0.25, 0.3) is 12.3 Å². The average Bonchev–Trinajstić information content (AvgIpc) is 3.95. The van der Waals surface area contributed by atoms with Crippen LogP contribution in [0.1, 0.15) is 84.5 Å². The first-order valence-electron chi connectivity index (χ1n) is 24.4. The van der Waals surface area contributed by atoms with Gasteiger partial charge in [-0.3, -0.25) is 29.2 Å². The molecule has 6 bridgehead atoms. The van der Waals surface area contributed by atoms with Gasteiger partial charge in [-0.05, 0) is 98.2 Å². The Bertz CT molecular complexity index is 2530. The number of methoxy groups -OCH3 is 1. The molecule has 6 rings (SSSR count). The Morgan fingerprint density at radius 3 is 2.50 bits per heavy atom. The van der Waals surface area contributed by atoms with Crippen molar-refractivity contribution in [3.8, 4) is 11.1 Å². The minimum absolute atomic E-state index is 0.00986. The Labute approximate surface area is 411 Å². The molecule has 5 atom stereocenters. The first-order valence-corrected chi connectivity index (χ1v) is 24.4. The highest BCUT2D eigenvalue weighted by Gasteiger charge is 2.42. The molecule has 3 aromatic rings. The zero-order chi connectivity index (χ0) is 51.1. The average molecular weight is 968 g/mol. The summed E-state index contributed by atoms with van der Waals surface area (Å²) in [6, 6.07) is 12.2. The smallest absolute Gasteiger partial charge is 0.259 e. The lowest BCUT2D eigenvalue weighted by Crippen LogP contribution is -2.66. The first kappa shape index (κ1) is 53.5. The van der Waals surface area contributed by atoms with E-state index in [2.05, 4.69) is 60.9 Å². The summed E-state index contributed by atoms with van der Waals surface area (Å²) in [5.74, 6) is -3.04. The van der Waals surface area contributed by atoms with Crippen molar-refractivity contribution < 1.29 is 42.2 Å². The van der Waals surface area contributed by atoms with E-state index in [1.165, 1.54) is 21.9 Å². The Kier molecular flexibility index (Phi) is 17.5. The molecule has 2 saturated heterocycles. The molecular weight excluding hydrogens is 897 g/mol. The van der Waals surface area contributed by atoms with Crippen LogP contribution >= 0.6 is 0 Å². The van der Waals surface area contributed by atoms with E-state index in [1.54, 1.807) is 27.2 Å². The van der Waals surface area contributed by atoms with E-state index >= 15 is 0 Å². The van der Waals surface area contributed by atoms with Gasteiger partial charge >= 0.3 is 0 Å². The number of amides is 4. The van der Waals surface area contributed by atoms with Crippen molar-refractivity contribution in [3.05, 3.63) is 89.8 Å². The second-order valence-electron chi connectivity index (χ2n) is 20.0. The largest absolute Gasteiger partial charge is 0.378 e. The lowest BCUT2D eigenvalue weighted by atomic mass is 9.83. The third-order valence-electron chi connectivity index (χ3n) is 13.8. The Hall–Kier alpha value is -5.84. The lowest BCUT2D eigenvalue weighted by Gasteiger charge is -2.42. The van der Waals surface area contributed by atoms with Gasteiger partial charge in [-0.15, -0.1) is 0 Å². The first-order chi connectivity index (χ1) is 33.3. The third kappa shape index (κ3) is 11.8. The summed E-state index contributed by atoms with van der Waals surface area (Å²) in [7, 11) is 3.19. The zero-order valence-electron chi connectivity index (χ0n) is 42.2. The minimum Gasteiger partial charge on any atom is -0.378 e. The summed E-state index contributed by atoms with van der Waals surface area (Å²) < 4.78 is 40.2. The number of aldehydes is 1. The quantitative estimate of drug-likeness (QED) is 0.0745. The number of aromatic nitrogens is 1. The molecule has 3 aliphatic heterocycles. The minimum atomic E-state index is -2.78. The molecule has 2 aromatic carbocycles. The number of carbonyl (C=O) groups is 5. The van der Waals surface area contributed by atoms with Crippen molar-refractivity contribution in [1.82, 2.24) is 30.1 Å². The van der Waals surface area contributed by atoms with Gasteiger partial charge < -0.3 is 34.0 Å². The van der Waals surface area contributed by atoms with Gasteiger partial charge in [0.05, 0.1) is 36.6 Å². The molecule has 4 heterocycles. The molecule has 0 radical (unpaired) electrons. The Morgan fingerprint density at radius 2 is 1.84 bits per heavy atom. The fraction of sp³-hybridized carbons (Fsp3) is 0.519. The van der Waals surface area contributed by atoms with Crippen molar-refractivity contribution in [1.29, 1.82) is 0 Å².